The largest absolute Gasteiger partial charge is 0.497 e. The number of anilines is 1. The molecule has 0 amide bonds. The number of alkyl halides is 3. The van der Waals surface area contributed by atoms with Gasteiger partial charge >= 0.3 is 6.18 Å². The number of nitrogens with zero attached hydrogens (tertiary/aromatic N) is 4. The van der Waals surface area contributed by atoms with Crippen LogP contribution in [0.2, 0.25) is 0 Å². The Morgan fingerprint density at radius 1 is 1.15 bits per heavy atom. The van der Waals surface area contributed by atoms with Crippen molar-refractivity contribution in [3.63, 3.8) is 0 Å². The average molecular weight is 363 g/mol. The van der Waals surface area contributed by atoms with E-state index in [-0.39, 0.29) is 24.1 Å². The minimum absolute atomic E-state index is 0.00895. The van der Waals surface area contributed by atoms with E-state index in [9.17, 15) is 13.2 Å². The van der Waals surface area contributed by atoms with E-state index < -0.39 is 12.0 Å². The molecule has 136 valence electrons. The molecule has 1 aliphatic rings. The fourth-order valence-corrected chi connectivity index (χ4v) is 2.88. The van der Waals surface area contributed by atoms with Crippen molar-refractivity contribution in [2.45, 2.75) is 31.5 Å². The highest BCUT2D eigenvalue weighted by Crippen LogP contribution is 2.43. The Balaban J connectivity index is 1.83. The van der Waals surface area contributed by atoms with Gasteiger partial charge in [0.15, 0.2) is 5.65 Å². The van der Waals surface area contributed by atoms with E-state index in [1.54, 1.807) is 19.2 Å². The van der Waals surface area contributed by atoms with Gasteiger partial charge in [-0.05, 0) is 30.5 Å². The second kappa shape index (κ2) is 5.86. The van der Waals surface area contributed by atoms with Gasteiger partial charge in [0.25, 0.3) is 0 Å². The Bertz CT molecular complexity index is 961. The van der Waals surface area contributed by atoms with E-state index in [0.717, 1.165) is 18.4 Å². The number of methoxy groups -OCH3 is 1. The molecule has 6 nitrogen and oxygen atoms in total. The van der Waals surface area contributed by atoms with Gasteiger partial charge in [-0.25, -0.2) is 15.0 Å². The molecule has 2 N–H and O–H groups in total. The lowest BCUT2D eigenvalue weighted by atomic mass is 10.2. The van der Waals surface area contributed by atoms with Crippen LogP contribution in [0.4, 0.5) is 19.1 Å². The van der Waals surface area contributed by atoms with Crippen LogP contribution < -0.4 is 10.5 Å². The van der Waals surface area contributed by atoms with Crippen molar-refractivity contribution in [3.8, 4) is 5.75 Å². The summed E-state index contributed by atoms with van der Waals surface area (Å²) in [7, 11) is 1.56. The summed E-state index contributed by atoms with van der Waals surface area (Å²) in [4.78, 5) is 11.7. The third-order valence-corrected chi connectivity index (χ3v) is 4.37. The van der Waals surface area contributed by atoms with Crippen molar-refractivity contribution >= 4 is 17.1 Å². The van der Waals surface area contributed by atoms with Crippen molar-refractivity contribution in [1.29, 1.82) is 0 Å². The zero-order chi connectivity index (χ0) is 18.5. The second-order valence-corrected chi connectivity index (χ2v) is 6.28. The van der Waals surface area contributed by atoms with Crippen LogP contribution in [0, 0.1) is 0 Å². The van der Waals surface area contributed by atoms with Crippen LogP contribution >= 0.6 is 0 Å². The number of nitrogens with two attached hydrogens (primary N) is 1. The summed E-state index contributed by atoms with van der Waals surface area (Å²) in [5, 5.41) is 0. The summed E-state index contributed by atoms with van der Waals surface area (Å²) < 4.78 is 46.3. The van der Waals surface area contributed by atoms with E-state index in [1.807, 2.05) is 12.1 Å². The van der Waals surface area contributed by atoms with Gasteiger partial charge in [-0.15, -0.1) is 0 Å². The van der Waals surface area contributed by atoms with Crippen LogP contribution in [0.3, 0.4) is 0 Å². The zero-order valence-corrected chi connectivity index (χ0v) is 13.9. The van der Waals surface area contributed by atoms with Gasteiger partial charge in [-0.3, -0.25) is 4.57 Å². The highest BCUT2D eigenvalue weighted by molar-refractivity contribution is 5.78. The molecule has 0 radical (unpaired) electrons. The maximum absolute atomic E-state index is 13.2. The summed E-state index contributed by atoms with van der Waals surface area (Å²) in [5.74, 6) is -0.352. The topological polar surface area (TPSA) is 78.9 Å². The van der Waals surface area contributed by atoms with E-state index in [4.69, 9.17) is 10.5 Å². The third-order valence-electron chi connectivity index (χ3n) is 4.37. The molecular formula is C17H16F3N5O. The molecule has 26 heavy (non-hydrogen) atoms. The molecule has 0 spiro atoms. The molecule has 2 heterocycles. The quantitative estimate of drug-likeness (QED) is 0.769. The van der Waals surface area contributed by atoms with Gasteiger partial charge in [0.1, 0.15) is 11.3 Å². The SMILES string of the molecule is COc1ccc(Cn2c(N)nc3c(C4CC4)nc(C(F)(F)F)nc32)cc1. The molecule has 1 saturated carbocycles. The normalized spacial score (nSPS) is 14.8. The lowest BCUT2D eigenvalue weighted by Gasteiger charge is -2.10. The first-order valence-electron chi connectivity index (χ1n) is 8.10. The maximum atomic E-state index is 13.2. The Kier molecular flexibility index (Phi) is 3.74. The highest BCUT2D eigenvalue weighted by Gasteiger charge is 2.39. The van der Waals surface area contributed by atoms with E-state index >= 15 is 0 Å². The number of halogens is 3. The van der Waals surface area contributed by atoms with Crippen molar-refractivity contribution in [2.75, 3.05) is 12.8 Å². The van der Waals surface area contributed by atoms with Gasteiger partial charge in [-0.2, -0.15) is 13.2 Å². The molecule has 9 heteroatoms. The predicted octanol–water partition coefficient (Wildman–Crippen LogP) is 3.36. The van der Waals surface area contributed by atoms with Gasteiger partial charge < -0.3 is 10.5 Å². The summed E-state index contributed by atoms with van der Waals surface area (Å²) in [6, 6.07) is 7.18. The van der Waals surface area contributed by atoms with Gasteiger partial charge in [0, 0.05) is 5.92 Å². The third kappa shape index (κ3) is 2.93. The maximum Gasteiger partial charge on any atom is 0.451 e. The highest BCUT2D eigenvalue weighted by atomic mass is 19.4. The van der Waals surface area contributed by atoms with E-state index in [2.05, 4.69) is 15.0 Å². The number of hydrogen-bond acceptors (Lipinski definition) is 5. The fraction of sp³-hybridized carbons (Fsp3) is 0.353. The molecule has 3 aromatic rings. The van der Waals surface area contributed by atoms with Gasteiger partial charge in [0.05, 0.1) is 19.3 Å². The molecule has 2 aromatic heterocycles. The molecule has 0 bridgehead atoms. The van der Waals surface area contributed by atoms with E-state index in [0.29, 0.717) is 17.0 Å². The second-order valence-electron chi connectivity index (χ2n) is 6.28. The van der Waals surface area contributed by atoms with Crippen LogP contribution in [0.15, 0.2) is 24.3 Å². The monoisotopic (exact) mass is 363 g/mol. The zero-order valence-electron chi connectivity index (χ0n) is 13.9. The first kappa shape index (κ1) is 16.6. The minimum atomic E-state index is -4.62. The van der Waals surface area contributed by atoms with Gasteiger partial charge in [0.2, 0.25) is 11.8 Å². The number of fused-ring (bicyclic) bond motifs is 1. The summed E-state index contributed by atoms with van der Waals surface area (Å²) >= 11 is 0. The fourth-order valence-electron chi connectivity index (χ4n) is 2.88. The summed E-state index contributed by atoms with van der Waals surface area (Å²) in [6.45, 7) is 0.255. The molecule has 0 aliphatic heterocycles. The van der Waals surface area contributed by atoms with Crippen LogP contribution in [0.25, 0.3) is 11.2 Å². The van der Waals surface area contributed by atoms with Crippen molar-refractivity contribution in [3.05, 3.63) is 41.3 Å². The molecule has 1 aromatic carbocycles. The first-order valence-corrected chi connectivity index (χ1v) is 8.10. The molecule has 4 rings (SSSR count). The first-order chi connectivity index (χ1) is 12.4. The standard InChI is InChI=1S/C17H16F3N5O/c1-26-11-6-2-9(3-7-11)8-25-14-13(23-16(25)21)12(10-4-5-10)22-15(24-14)17(18,19)20/h2-3,6-7,10H,4-5,8H2,1H3,(H2,21,23). The number of rotatable bonds is 4. The summed E-state index contributed by atoms with van der Waals surface area (Å²) in [6.07, 6.45) is -3.02. The lowest BCUT2D eigenvalue weighted by molar-refractivity contribution is -0.144. The number of hydrogen-bond donors (Lipinski definition) is 1. The van der Waals surface area contributed by atoms with Crippen LogP contribution in [-0.2, 0) is 12.7 Å². The molecule has 1 aliphatic carbocycles. The molecule has 0 atom stereocenters. The number of imidazole rings is 1. The van der Waals surface area contributed by atoms with Crippen molar-refractivity contribution in [2.24, 2.45) is 0 Å². The summed E-state index contributed by atoms with van der Waals surface area (Å²) in [5.41, 5.74) is 7.63. The van der Waals surface area contributed by atoms with Crippen molar-refractivity contribution < 1.29 is 17.9 Å². The van der Waals surface area contributed by atoms with Crippen LogP contribution in [0.5, 0.6) is 5.75 Å². The molecule has 0 saturated heterocycles. The minimum Gasteiger partial charge on any atom is -0.497 e. The lowest BCUT2D eigenvalue weighted by Crippen LogP contribution is -2.14. The number of nitrogen functional groups attached to an aromatic ring is 1. The van der Waals surface area contributed by atoms with Gasteiger partial charge in [-0.1, -0.05) is 12.1 Å². The molecular weight excluding hydrogens is 347 g/mol. The van der Waals surface area contributed by atoms with E-state index in [1.165, 1.54) is 4.57 Å². The van der Waals surface area contributed by atoms with Crippen LogP contribution in [0.1, 0.15) is 35.8 Å². The number of aromatic nitrogens is 4. The predicted molar refractivity (Wildman–Crippen MR) is 88.8 cm³/mol. The average Bonchev–Trinajstić information content (AvgIpc) is 3.40. The number of benzene rings is 1. The smallest absolute Gasteiger partial charge is 0.451 e. The molecule has 1 fully saturated rings. The number of ether oxygens (including phenoxy) is 1. The Hall–Kier alpha value is -2.84. The van der Waals surface area contributed by atoms with Crippen LogP contribution in [-0.4, -0.2) is 26.6 Å². The molecule has 0 unspecified atom stereocenters. The van der Waals surface area contributed by atoms with Crippen molar-refractivity contribution in [1.82, 2.24) is 19.5 Å². The Morgan fingerprint density at radius 3 is 2.42 bits per heavy atom. The Morgan fingerprint density at radius 2 is 1.85 bits per heavy atom. The Labute approximate surface area is 146 Å².